The van der Waals surface area contributed by atoms with Crippen molar-refractivity contribution < 1.29 is 18.7 Å². The summed E-state index contributed by atoms with van der Waals surface area (Å²) in [6.45, 7) is -0.249. The number of aromatic hydroxyl groups is 1. The maximum absolute atomic E-state index is 12.7. The van der Waals surface area contributed by atoms with Crippen molar-refractivity contribution >= 4 is 17.3 Å². The lowest BCUT2D eigenvalue weighted by Gasteiger charge is -2.09. The summed E-state index contributed by atoms with van der Waals surface area (Å²) in [4.78, 5) is 12.0. The fourth-order valence-corrected chi connectivity index (χ4v) is 2.97. The van der Waals surface area contributed by atoms with Gasteiger partial charge in [-0.2, -0.15) is 0 Å². The summed E-state index contributed by atoms with van der Waals surface area (Å²) in [5.74, 6) is 0.230. The maximum atomic E-state index is 12.7. The van der Waals surface area contributed by atoms with E-state index < -0.39 is 12.8 Å². The predicted octanol–water partition coefficient (Wildman–Crippen LogP) is 5.98. The van der Waals surface area contributed by atoms with Crippen molar-refractivity contribution in [2.45, 2.75) is 57.7 Å². The second-order valence-corrected chi connectivity index (χ2v) is 7.20. The summed E-state index contributed by atoms with van der Waals surface area (Å²) in [6, 6.07) is 14.6. The van der Waals surface area contributed by atoms with Crippen molar-refractivity contribution in [3.8, 4) is 5.75 Å². The minimum atomic E-state index is -1.32. The van der Waals surface area contributed by atoms with Crippen LogP contribution in [-0.4, -0.2) is 23.9 Å². The first-order chi connectivity index (χ1) is 14.1. The first kappa shape index (κ1) is 22.7. The van der Waals surface area contributed by atoms with Gasteiger partial charge in [0.05, 0.1) is 0 Å². The summed E-state index contributed by atoms with van der Waals surface area (Å²) in [5, 5.41) is 15.5. The third-order valence-corrected chi connectivity index (χ3v) is 4.69. The molecule has 3 N–H and O–H groups in total. The highest BCUT2D eigenvalue weighted by Crippen LogP contribution is 2.17. The number of phenols is 1. The van der Waals surface area contributed by atoms with Gasteiger partial charge in [0.15, 0.2) is 0 Å². The van der Waals surface area contributed by atoms with E-state index >= 15 is 0 Å². The summed E-state index contributed by atoms with van der Waals surface area (Å²) >= 11 is 0. The first-order valence-corrected chi connectivity index (χ1v) is 10.2. The summed E-state index contributed by atoms with van der Waals surface area (Å²) in [5.41, 5.74) is 2.76. The third kappa shape index (κ3) is 9.41. The SMILES string of the molecule is O=C(CCCCCCC[C@@H](F)CF)Nc1ccc(NCc2ccc(O)cc2)cc1. The molecular formula is C23H30F2N2O2. The van der Waals surface area contributed by atoms with Crippen molar-refractivity contribution in [2.24, 2.45) is 0 Å². The zero-order valence-electron chi connectivity index (χ0n) is 16.7. The standard InChI is InChI=1S/C23H30F2N2O2/c24-16-19(25)6-4-2-1-3-5-7-23(29)27-21-12-10-20(11-13-21)26-17-18-8-14-22(28)15-9-18/h8-15,19,26,28H,1-7,16-17H2,(H,27,29)/t19-/m1/s1. The Bertz CT molecular complexity index is 721. The van der Waals surface area contributed by atoms with Gasteiger partial charge < -0.3 is 15.7 Å². The molecule has 0 aromatic heterocycles. The molecule has 0 saturated carbocycles. The number of carbonyl (C=O) groups excluding carboxylic acids is 1. The lowest BCUT2D eigenvalue weighted by Crippen LogP contribution is -2.11. The Kier molecular flexibility index (Phi) is 9.96. The molecular weight excluding hydrogens is 374 g/mol. The number of amides is 1. The molecule has 0 unspecified atom stereocenters. The number of benzene rings is 2. The molecule has 2 aromatic carbocycles. The molecule has 0 aliphatic heterocycles. The van der Waals surface area contributed by atoms with Gasteiger partial charge in [0.25, 0.3) is 0 Å². The lowest BCUT2D eigenvalue weighted by atomic mass is 10.1. The Morgan fingerprint density at radius 1 is 0.897 bits per heavy atom. The van der Waals surface area contributed by atoms with Crippen LogP contribution in [0.2, 0.25) is 0 Å². The molecule has 1 atom stereocenters. The number of halogens is 2. The Morgan fingerprint density at radius 3 is 2.21 bits per heavy atom. The van der Waals surface area contributed by atoms with Crippen molar-refractivity contribution in [2.75, 3.05) is 17.3 Å². The number of rotatable bonds is 13. The molecule has 158 valence electrons. The number of carbonyl (C=O) groups is 1. The molecule has 6 heteroatoms. The quantitative estimate of drug-likeness (QED) is 0.360. The normalized spacial score (nSPS) is 11.8. The monoisotopic (exact) mass is 404 g/mol. The number of phenolic OH excluding ortho intramolecular Hbond substituents is 1. The van der Waals surface area contributed by atoms with Crippen LogP contribution in [0, 0.1) is 0 Å². The summed E-state index contributed by atoms with van der Waals surface area (Å²) in [6.07, 6.45) is 3.64. The van der Waals surface area contributed by atoms with E-state index in [4.69, 9.17) is 0 Å². The zero-order valence-corrected chi connectivity index (χ0v) is 16.7. The van der Waals surface area contributed by atoms with Crippen molar-refractivity contribution in [3.05, 3.63) is 54.1 Å². The molecule has 0 fully saturated rings. The van der Waals surface area contributed by atoms with Gasteiger partial charge in [-0.05, 0) is 54.8 Å². The topological polar surface area (TPSA) is 61.4 Å². The van der Waals surface area contributed by atoms with E-state index in [1.807, 2.05) is 36.4 Å². The Hall–Kier alpha value is -2.63. The zero-order chi connectivity index (χ0) is 20.9. The molecule has 0 heterocycles. The number of unbranched alkanes of at least 4 members (excludes halogenated alkanes) is 4. The molecule has 4 nitrogen and oxygen atoms in total. The Labute approximate surface area is 171 Å². The van der Waals surface area contributed by atoms with Crippen LogP contribution in [0.5, 0.6) is 5.75 Å². The van der Waals surface area contributed by atoms with Gasteiger partial charge in [0.2, 0.25) is 5.91 Å². The average molecular weight is 405 g/mol. The van der Waals surface area contributed by atoms with Crippen LogP contribution >= 0.6 is 0 Å². The third-order valence-electron chi connectivity index (χ3n) is 4.69. The predicted molar refractivity (Wildman–Crippen MR) is 114 cm³/mol. The molecule has 0 aliphatic carbocycles. The van der Waals surface area contributed by atoms with Crippen molar-refractivity contribution in [1.82, 2.24) is 0 Å². The second-order valence-electron chi connectivity index (χ2n) is 7.20. The van der Waals surface area contributed by atoms with Crippen LogP contribution < -0.4 is 10.6 Å². The molecule has 0 saturated heterocycles. The van der Waals surface area contributed by atoms with Gasteiger partial charge in [-0.25, -0.2) is 8.78 Å². The van der Waals surface area contributed by atoms with Gasteiger partial charge in [-0.3, -0.25) is 4.79 Å². The molecule has 0 aliphatic rings. The van der Waals surface area contributed by atoms with E-state index in [0.717, 1.165) is 42.6 Å². The minimum absolute atomic E-state index is 0.0175. The van der Waals surface area contributed by atoms with Gasteiger partial charge in [0, 0.05) is 24.3 Å². The molecule has 0 spiro atoms. The summed E-state index contributed by atoms with van der Waals surface area (Å²) < 4.78 is 24.7. The number of hydrogen-bond acceptors (Lipinski definition) is 3. The number of nitrogens with one attached hydrogen (secondary N) is 2. The highest BCUT2D eigenvalue weighted by atomic mass is 19.2. The summed E-state index contributed by atoms with van der Waals surface area (Å²) in [7, 11) is 0. The molecule has 29 heavy (non-hydrogen) atoms. The maximum Gasteiger partial charge on any atom is 0.224 e. The average Bonchev–Trinajstić information content (AvgIpc) is 2.73. The Balaban J connectivity index is 1.59. The minimum Gasteiger partial charge on any atom is -0.508 e. The highest BCUT2D eigenvalue weighted by Gasteiger charge is 2.05. The van der Waals surface area contributed by atoms with Crippen LogP contribution in [0.1, 0.15) is 50.5 Å². The molecule has 1 amide bonds. The number of alkyl halides is 2. The largest absolute Gasteiger partial charge is 0.508 e. The molecule has 0 bridgehead atoms. The van der Waals surface area contributed by atoms with E-state index in [1.165, 1.54) is 0 Å². The van der Waals surface area contributed by atoms with E-state index in [1.54, 1.807) is 12.1 Å². The highest BCUT2D eigenvalue weighted by molar-refractivity contribution is 5.90. The van der Waals surface area contributed by atoms with E-state index in [-0.39, 0.29) is 18.1 Å². The first-order valence-electron chi connectivity index (χ1n) is 10.2. The second kappa shape index (κ2) is 12.8. The van der Waals surface area contributed by atoms with E-state index in [9.17, 15) is 18.7 Å². The Morgan fingerprint density at radius 2 is 1.52 bits per heavy atom. The lowest BCUT2D eigenvalue weighted by molar-refractivity contribution is -0.116. The van der Waals surface area contributed by atoms with Crippen LogP contribution in [0.3, 0.4) is 0 Å². The van der Waals surface area contributed by atoms with Crippen LogP contribution in [-0.2, 0) is 11.3 Å². The van der Waals surface area contributed by atoms with Crippen molar-refractivity contribution in [1.29, 1.82) is 0 Å². The fraction of sp³-hybridized carbons (Fsp3) is 0.435. The molecule has 2 rings (SSSR count). The van der Waals surface area contributed by atoms with Crippen LogP contribution in [0.15, 0.2) is 48.5 Å². The van der Waals surface area contributed by atoms with Gasteiger partial charge in [-0.1, -0.05) is 37.8 Å². The molecule has 2 aromatic rings. The van der Waals surface area contributed by atoms with Crippen molar-refractivity contribution in [3.63, 3.8) is 0 Å². The van der Waals surface area contributed by atoms with Crippen LogP contribution in [0.25, 0.3) is 0 Å². The van der Waals surface area contributed by atoms with Gasteiger partial charge >= 0.3 is 0 Å². The smallest absolute Gasteiger partial charge is 0.224 e. The molecule has 0 radical (unpaired) electrons. The number of hydrogen-bond donors (Lipinski definition) is 3. The van der Waals surface area contributed by atoms with E-state index in [2.05, 4.69) is 10.6 Å². The number of anilines is 2. The van der Waals surface area contributed by atoms with Gasteiger partial charge in [0.1, 0.15) is 18.6 Å². The fourth-order valence-electron chi connectivity index (χ4n) is 2.97. The van der Waals surface area contributed by atoms with E-state index in [0.29, 0.717) is 19.4 Å². The van der Waals surface area contributed by atoms with Gasteiger partial charge in [-0.15, -0.1) is 0 Å². The van der Waals surface area contributed by atoms with Crippen LogP contribution in [0.4, 0.5) is 20.2 Å².